The molecule has 264 valence electrons. The predicted octanol–water partition coefficient (Wildman–Crippen LogP) is 15.4. The highest BCUT2D eigenvalue weighted by atomic mass is 16.3. The number of hydrogen-bond acceptors (Lipinski definition) is 2. The summed E-state index contributed by atoms with van der Waals surface area (Å²) in [7, 11) is 0. The first-order valence-electron chi connectivity index (χ1n) is 19.1. The Kier molecular flexibility index (Phi) is 8.55. The maximum Gasteiger partial charge on any atom is 0.136 e. The second kappa shape index (κ2) is 14.4. The number of fused-ring (bicyclic) bond motifs is 3. The summed E-state index contributed by atoms with van der Waals surface area (Å²) in [5.74, 6) is 0. The van der Waals surface area contributed by atoms with E-state index in [0.717, 1.165) is 50.1 Å². The van der Waals surface area contributed by atoms with Crippen LogP contribution in [0.3, 0.4) is 0 Å². The summed E-state index contributed by atoms with van der Waals surface area (Å²) in [6, 6.07) is 80.0. The highest BCUT2D eigenvalue weighted by Crippen LogP contribution is 2.46. The Morgan fingerprint density at radius 2 is 0.679 bits per heavy atom. The number of anilines is 3. The Bertz CT molecular complexity index is 2830. The zero-order valence-corrected chi connectivity index (χ0v) is 30.7. The first-order chi connectivity index (χ1) is 27.8. The van der Waals surface area contributed by atoms with Gasteiger partial charge in [0.05, 0.1) is 0 Å². The molecule has 56 heavy (non-hydrogen) atoms. The van der Waals surface area contributed by atoms with Crippen LogP contribution >= 0.6 is 0 Å². The minimum atomic E-state index is 0.883. The van der Waals surface area contributed by atoms with Crippen LogP contribution < -0.4 is 4.90 Å². The zero-order valence-electron chi connectivity index (χ0n) is 30.7. The van der Waals surface area contributed by atoms with Crippen LogP contribution in [0.2, 0.25) is 0 Å². The molecule has 1 heterocycles. The van der Waals surface area contributed by atoms with Crippen LogP contribution in [0.15, 0.2) is 229 Å². The molecule has 0 radical (unpaired) electrons. The summed E-state index contributed by atoms with van der Waals surface area (Å²) in [5.41, 5.74) is 16.8. The zero-order chi connectivity index (χ0) is 37.3. The van der Waals surface area contributed by atoms with Gasteiger partial charge in [0.15, 0.2) is 0 Å². The molecule has 0 saturated heterocycles. The molecule has 0 bridgehead atoms. The first-order valence-corrected chi connectivity index (χ1v) is 19.1. The normalized spacial score (nSPS) is 11.2. The van der Waals surface area contributed by atoms with Gasteiger partial charge in [-0.25, -0.2) is 0 Å². The van der Waals surface area contributed by atoms with E-state index in [1.54, 1.807) is 0 Å². The van der Waals surface area contributed by atoms with Gasteiger partial charge in [0, 0.05) is 33.4 Å². The predicted molar refractivity (Wildman–Crippen MR) is 236 cm³/mol. The number of benzene rings is 9. The van der Waals surface area contributed by atoms with Crippen molar-refractivity contribution in [2.75, 3.05) is 4.90 Å². The molecule has 10 rings (SSSR count). The fourth-order valence-electron chi connectivity index (χ4n) is 8.01. The number of hydrogen-bond donors (Lipinski definition) is 0. The van der Waals surface area contributed by atoms with Crippen molar-refractivity contribution in [2.45, 2.75) is 0 Å². The van der Waals surface area contributed by atoms with Gasteiger partial charge in [-0.05, 0) is 98.6 Å². The van der Waals surface area contributed by atoms with E-state index < -0.39 is 0 Å². The van der Waals surface area contributed by atoms with Gasteiger partial charge in [-0.15, -0.1) is 0 Å². The summed E-state index contributed by atoms with van der Waals surface area (Å²) < 4.78 is 6.47. The summed E-state index contributed by atoms with van der Waals surface area (Å²) in [6.07, 6.45) is 0. The third-order valence-corrected chi connectivity index (χ3v) is 10.7. The van der Waals surface area contributed by atoms with Crippen molar-refractivity contribution < 1.29 is 4.42 Å². The van der Waals surface area contributed by atoms with Crippen LogP contribution in [0.5, 0.6) is 0 Å². The van der Waals surface area contributed by atoms with Crippen LogP contribution in [0.25, 0.3) is 77.6 Å². The molecule has 0 N–H and O–H groups in total. The van der Waals surface area contributed by atoms with E-state index in [1.807, 2.05) is 6.07 Å². The Morgan fingerprint density at radius 3 is 1.23 bits per heavy atom. The van der Waals surface area contributed by atoms with Crippen molar-refractivity contribution in [1.82, 2.24) is 0 Å². The first kappa shape index (κ1) is 33.2. The maximum absolute atomic E-state index is 6.47. The number of para-hydroxylation sites is 1. The Balaban J connectivity index is 1.11. The van der Waals surface area contributed by atoms with Gasteiger partial charge in [-0.2, -0.15) is 0 Å². The molecule has 0 fully saturated rings. The van der Waals surface area contributed by atoms with Gasteiger partial charge in [0.1, 0.15) is 11.2 Å². The lowest BCUT2D eigenvalue weighted by molar-refractivity contribution is 0.669. The Labute approximate surface area is 327 Å². The molecular formula is C54H37NO. The SMILES string of the molecule is c1ccc(-c2ccc(N(c3ccc(-c4ccccc4)cc3)c3ccc(-c4ccc5oc6ccccc6c5c4-c4ccccc4-c4ccccc4)cc3)cc2)cc1. The number of furan rings is 1. The average Bonchev–Trinajstić information content (AvgIpc) is 3.67. The summed E-state index contributed by atoms with van der Waals surface area (Å²) in [5, 5.41) is 2.24. The monoisotopic (exact) mass is 715 g/mol. The van der Waals surface area contributed by atoms with Crippen molar-refractivity contribution in [1.29, 1.82) is 0 Å². The summed E-state index contributed by atoms with van der Waals surface area (Å²) in [4.78, 5) is 2.34. The topological polar surface area (TPSA) is 16.4 Å². The standard InChI is InChI=1S/C54H37NO/c1-4-14-38(15-5-1)40-24-30-44(31-25-40)55(45-32-26-41(27-33-45)39-16-6-2-7-17-39)46-34-28-43(29-35-46)48-36-37-52-54(50-22-12-13-23-51(50)56-52)53(48)49-21-11-10-20-47(49)42-18-8-3-9-19-42/h1-37H. The van der Waals surface area contributed by atoms with E-state index in [2.05, 4.69) is 223 Å². The minimum Gasteiger partial charge on any atom is -0.456 e. The van der Waals surface area contributed by atoms with Crippen molar-refractivity contribution in [2.24, 2.45) is 0 Å². The quantitative estimate of drug-likeness (QED) is 0.156. The Morgan fingerprint density at radius 1 is 0.268 bits per heavy atom. The molecule has 2 nitrogen and oxygen atoms in total. The molecule has 10 aromatic rings. The largest absolute Gasteiger partial charge is 0.456 e. The van der Waals surface area contributed by atoms with E-state index in [4.69, 9.17) is 4.42 Å². The van der Waals surface area contributed by atoms with Gasteiger partial charge < -0.3 is 9.32 Å². The van der Waals surface area contributed by atoms with Gasteiger partial charge in [-0.1, -0.05) is 176 Å². The van der Waals surface area contributed by atoms with Gasteiger partial charge in [-0.3, -0.25) is 0 Å². The van der Waals surface area contributed by atoms with Gasteiger partial charge >= 0.3 is 0 Å². The lowest BCUT2D eigenvalue weighted by Gasteiger charge is -2.26. The second-order valence-corrected chi connectivity index (χ2v) is 14.1. The summed E-state index contributed by atoms with van der Waals surface area (Å²) >= 11 is 0. The molecule has 2 heteroatoms. The molecule has 9 aromatic carbocycles. The smallest absolute Gasteiger partial charge is 0.136 e. The fraction of sp³-hybridized carbons (Fsp3) is 0. The van der Waals surface area contributed by atoms with Crippen molar-refractivity contribution in [3.63, 3.8) is 0 Å². The van der Waals surface area contributed by atoms with Crippen molar-refractivity contribution >= 4 is 39.0 Å². The molecule has 0 aliphatic carbocycles. The lowest BCUT2D eigenvalue weighted by Crippen LogP contribution is -2.09. The molecule has 0 unspecified atom stereocenters. The molecule has 0 aliphatic heterocycles. The van der Waals surface area contributed by atoms with Crippen LogP contribution in [-0.2, 0) is 0 Å². The lowest BCUT2D eigenvalue weighted by atomic mass is 9.86. The van der Waals surface area contributed by atoms with E-state index in [9.17, 15) is 0 Å². The van der Waals surface area contributed by atoms with Gasteiger partial charge in [0.2, 0.25) is 0 Å². The van der Waals surface area contributed by atoms with Crippen LogP contribution in [-0.4, -0.2) is 0 Å². The van der Waals surface area contributed by atoms with Crippen LogP contribution in [0.4, 0.5) is 17.1 Å². The third kappa shape index (κ3) is 6.14. The maximum atomic E-state index is 6.47. The Hall–Kier alpha value is -7.42. The molecule has 0 saturated carbocycles. The van der Waals surface area contributed by atoms with E-state index in [0.29, 0.717) is 0 Å². The third-order valence-electron chi connectivity index (χ3n) is 10.7. The second-order valence-electron chi connectivity index (χ2n) is 14.1. The van der Waals surface area contributed by atoms with Crippen LogP contribution in [0.1, 0.15) is 0 Å². The number of nitrogens with zero attached hydrogens (tertiary/aromatic N) is 1. The average molecular weight is 716 g/mol. The fourth-order valence-corrected chi connectivity index (χ4v) is 8.01. The van der Waals surface area contributed by atoms with Crippen LogP contribution in [0, 0.1) is 0 Å². The highest BCUT2D eigenvalue weighted by molar-refractivity contribution is 6.17. The van der Waals surface area contributed by atoms with E-state index >= 15 is 0 Å². The molecular weight excluding hydrogens is 679 g/mol. The van der Waals surface area contributed by atoms with Crippen molar-refractivity contribution in [3.05, 3.63) is 224 Å². The summed E-state index contributed by atoms with van der Waals surface area (Å²) in [6.45, 7) is 0. The van der Waals surface area contributed by atoms with Crippen molar-refractivity contribution in [3.8, 4) is 55.6 Å². The molecule has 0 aliphatic rings. The van der Waals surface area contributed by atoms with Gasteiger partial charge in [0.25, 0.3) is 0 Å². The molecule has 0 spiro atoms. The molecule has 0 amide bonds. The molecule has 1 aromatic heterocycles. The van der Waals surface area contributed by atoms with E-state index in [1.165, 1.54) is 44.5 Å². The van der Waals surface area contributed by atoms with E-state index in [-0.39, 0.29) is 0 Å². The highest BCUT2D eigenvalue weighted by Gasteiger charge is 2.21. The minimum absolute atomic E-state index is 0.883. The number of rotatable bonds is 8. The molecule has 0 atom stereocenters.